The summed E-state index contributed by atoms with van der Waals surface area (Å²) >= 11 is 0. The minimum absolute atomic E-state index is 0.0776. The minimum Gasteiger partial charge on any atom is -0.481 e. The maximum atomic E-state index is 13.1. The van der Waals surface area contributed by atoms with Crippen molar-refractivity contribution in [3.05, 3.63) is 35.1 Å². The molecule has 1 aliphatic heterocycles. The Hall–Kier alpha value is -2.19. The Morgan fingerprint density at radius 1 is 1.36 bits per heavy atom. The molecule has 0 amide bonds. The van der Waals surface area contributed by atoms with Gasteiger partial charge in [-0.25, -0.2) is 17.1 Å². The Morgan fingerprint density at radius 2 is 2.00 bits per heavy atom. The average Bonchev–Trinajstić information content (AvgIpc) is 2.95. The summed E-state index contributed by atoms with van der Waals surface area (Å²) < 4.78 is 77.1. The first-order valence-corrected chi connectivity index (χ1v) is 8.52. The van der Waals surface area contributed by atoms with Gasteiger partial charge in [-0.1, -0.05) is 6.07 Å². The van der Waals surface area contributed by atoms with Gasteiger partial charge in [0.2, 0.25) is 10.0 Å². The normalized spacial score (nSPS) is 21.9. The SMILES string of the molecule is N#Cc1cc(F)ccc1CS(=O)(=O)N1C[C@@H](C(F)(F)F)[C@H](C(=O)O)C1. The Labute approximate surface area is 140 Å². The van der Waals surface area contributed by atoms with Crippen LogP contribution in [0, 0.1) is 29.0 Å². The Morgan fingerprint density at radius 3 is 2.48 bits per heavy atom. The lowest BCUT2D eigenvalue weighted by atomic mass is 9.96. The Balaban J connectivity index is 2.29. The second-order valence-corrected chi connectivity index (χ2v) is 7.55. The fourth-order valence-electron chi connectivity index (χ4n) is 2.64. The third-order valence-electron chi connectivity index (χ3n) is 3.95. The van der Waals surface area contributed by atoms with Crippen LogP contribution in [0.4, 0.5) is 17.6 Å². The fraction of sp³-hybridized carbons (Fsp3) is 0.429. The maximum Gasteiger partial charge on any atom is 0.393 e. The van der Waals surface area contributed by atoms with E-state index in [2.05, 4.69) is 0 Å². The van der Waals surface area contributed by atoms with Crippen molar-refractivity contribution in [1.82, 2.24) is 4.31 Å². The largest absolute Gasteiger partial charge is 0.481 e. The van der Waals surface area contributed by atoms with E-state index in [1.54, 1.807) is 6.07 Å². The molecule has 136 valence electrons. The van der Waals surface area contributed by atoms with Crippen LogP contribution >= 0.6 is 0 Å². The molecule has 0 radical (unpaired) electrons. The van der Waals surface area contributed by atoms with Gasteiger partial charge in [0, 0.05) is 13.1 Å². The number of carboxylic acids is 1. The van der Waals surface area contributed by atoms with Crippen molar-refractivity contribution in [3.63, 3.8) is 0 Å². The van der Waals surface area contributed by atoms with Crippen LogP contribution in [0.3, 0.4) is 0 Å². The minimum atomic E-state index is -4.86. The van der Waals surface area contributed by atoms with Gasteiger partial charge in [-0.3, -0.25) is 4.79 Å². The van der Waals surface area contributed by atoms with E-state index >= 15 is 0 Å². The third kappa shape index (κ3) is 4.08. The van der Waals surface area contributed by atoms with E-state index in [9.17, 15) is 30.8 Å². The van der Waals surface area contributed by atoms with E-state index in [0.717, 1.165) is 18.2 Å². The van der Waals surface area contributed by atoms with Crippen molar-refractivity contribution < 1.29 is 35.9 Å². The van der Waals surface area contributed by atoms with Crippen molar-refractivity contribution in [2.45, 2.75) is 11.9 Å². The number of sulfonamides is 1. The molecule has 0 bridgehead atoms. The smallest absolute Gasteiger partial charge is 0.393 e. The highest BCUT2D eigenvalue weighted by Crippen LogP contribution is 2.39. The number of alkyl halides is 3. The summed E-state index contributed by atoms with van der Waals surface area (Å²) in [7, 11) is -4.32. The summed E-state index contributed by atoms with van der Waals surface area (Å²) in [6.07, 6.45) is -4.86. The highest BCUT2D eigenvalue weighted by Gasteiger charge is 2.54. The molecule has 2 rings (SSSR count). The molecule has 1 aromatic carbocycles. The standard InChI is InChI=1S/C14H12F4N2O4S/c15-10-2-1-8(9(3-10)4-19)7-25(23,24)20-5-11(13(21)22)12(6-20)14(16,17)18/h1-3,11-12H,5-7H2,(H,21,22)/t11-,12-/m1/s1. The molecule has 0 saturated carbocycles. The van der Waals surface area contributed by atoms with Gasteiger partial charge < -0.3 is 5.11 Å². The molecular weight excluding hydrogens is 368 g/mol. The summed E-state index contributed by atoms with van der Waals surface area (Å²) in [4.78, 5) is 11.0. The predicted octanol–water partition coefficient (Wildman–Crippen LogP) is 1.72. The summed E-state index contributed by atoms with van der Waals surface area (Å²) in [6, 6.07) is 4.40. The van der Waals surface area contributed by atoms with Crippen LogP contribution in [0.5, 0.6) is 0 Å². The molecule has 0 spiro atoms. The van der Waals surface area contributed by atoms with Gasteiger partial charge in [0.25, 0.3) is 0 Å². The third-order valence-corrected chi connectivity index (χ3v) is 5.71. The molecule has 0 unspecified atom stereocenters. The van der Waals surface area contributed by atoms with Crippen LogP contribution < -0.4 is 0 Å². The van der Waals surface area contributed by atoms with Gasteiger partial charge in [-0.15, -0.1) is 0 Å². The lowest BCUT2D eigenvalue weighted by Crippen LogP contribution is -2.34. The number of nitrogens with zero attached hydrogens (tertiary/aromatic N) is 2. The number of benzene rings is 1. The second-order valence-electron chi connectivity index (χ2n) is 5.58. The van der Waals surface area contributed by atoms with E-state index in [1.165, 1.54) is 0 Å². The zero-order valence-corrected chi connectivity index (χ0v) is 13.3. The number of carboxylic acid groups (broad SMARTS) is 1. The molecule has 1 saturated heterocycles. The number of hydrogen-bond acceptors (Lipinski definition) is 4. The quantitative estimate of drug-likeness (QED) is 0.802. The molecule has 25 heavy (non-hydrogen) atoms. The summed E-state index contributed by atoms with van der Waals surface area (Å²) in [5.74, 6) is -7.55. The summed E-state index contributed by atoms with van der Waals surface area (Å²) in [6.45, 7) is -1.82. The number of rotatable bonds is 4. The maximum absolute atomic E-state index is 13.1. The van der Waals surface area contributed by atoms with Gasteiger partial charge >= 0.3 is 12.1 Å². The van der Waals surface area contributed by atoms with E-state index in [-0.39, 0.29) is 11.1 Å². The van der Waals surface area contributed by atoms with Crippen LogP contribution in [0.15, 0.2) is 18.2 Å². The lowest BCUT2D eigenvalue weighted by Gasteiger charge is -2.18. The molecule has 1 N–H and O–H groups in total. The summed E-state index contributed by atoms with van der Waals surface area (Å²) in [5, 5.41) is 17.8. The first-order valence-electron chi connectivity index (χ1n) is 6.91. The van der Waals surface area contributed by atoms with Crippen molar-refractivity contribution >= 4 is 16.0 Å². The number of hydrogen-bond donors (Lipinski definition) is 1. The number of halogens is 4. The first kappa shape index (κ1) is 19.1. The molecule has 1 aromatic rings. The Kier molecular flexibility index (Phi) is 5.06. The van der Waals surface area contributed by atoms with Gasteiger partial charge in [0.15, 0.2) is 0 Å². The van der Waals surface area contributed by atoms with Gasteiger partial charge in [0.05, 0.1) is 29.2 Å². The van der Waals surface area contributed by atoms with Crippen LogP contribution in [0.25, 0.3) is 0 Å². The molecule has 0 aromatic heterocycles. The lowest BCUT2D eigenvalue weighted by molar-refractivity contribution is -0.187. The molecule has 1 aliphatic rings. The highest BCUT2D eigenvalue weighted by molar-refractivity contribution is 7.88. The van der Waals surface area contributed by atoms with Crippen LogP contribution in [-0.4, -0.2) is 43.1 Å². The number of aliphatic carboxylic acids is 1. The number of carbonyl (C=O) groups is 1. The van der Waals surface area contributed by atoms with Crippen molar-refractivity contribution in [2.75, 3.05) is 13.1 Å². The monoisotopic (exact) mass is 380 g/mol. The topological polar surface area (TPSA) is 98.5 Å². The fourth-order valence-corrected chi connectivity index (χ4v) is 4.25. The second kappa shape index (κ2) is 6.61. The first-order chi connectivity index (χ1) is 11.5. The molecular formula is C14H12F4N2O4S. The van der Waals surface area contributed by atoms with E-state index < -0.39 is 58.7 Å². The van der Waals surface area contributed by atoms with Gasteiger partial charge in [-0.2, -0.15) is 18.4 Å². The van der Waals surface area contributed by atoms with Crippen LogP contribution in [0.1, 0.15) is 11.1 Å². The predicted molar refractivity (Wildman–Crippen MR) is 76.0 cm³/mol. The zero-order valence-electron chi connectivity index (χ0n) is 12.5. The van der Waals surface area contributed by atoms with Crippen LogP contribution in [0.2, 0.25) is 0 Å². The van der Waals surface area contributed by atoms with E-state index in [0.29, 0.717) is 4.31 Å². The van der Waals surface area contributed by atoms with Crippen molar-refractivity contribution in [3.8, 4) is 6.07 Å². The van der Waals surface area contributed by atoms with E-state index in [1.807, 2.05) is 0 Å². The average molecular weight is 380 g/mol. The van der Waals surface area contributed by atoms with Crippen molar-refractivity contribution in [2.24, 2.45) is 11.8 Å². The highest BCUT2D eigenvalue weighted by atomic mass is 32.2. The number of nitriles is 1. The van der Waals surface area contributed by atoms with Crippen LogP contribution in [-0.2, 0) is 20.6 Å². The molecule has 1 fully saturated rings. The molecule has 11 heteroatoms. The summed E-state index contributed by atoms with van der Waals surface area (Å²) in [5.41, 5.74) is -0.337. The molecule has 6 nitrogen and oxygen atoms in total. The van der Waals surface area contributed by atoms with E-state index in [4.69, 9.17) is 10.4 Å². The molecule has 1 heterocycles. The molecule has 0 aliphatic carbocycles. The van der Waals surface area contributed by atoms with Gasteiger partial charge in [0.1, 0.15) is 5.82 Å². The van der Waals surface area contributed by atoms with Gasteiger partial charge in [-0.05, 0) is 17.7 Å². The van der Waals surface area contributed by atoms with Crippen molar-refractivity contribution in [1.29, 1.82) is 5.26 Å². The Bertz CT molecular complexity index is 832. The zero-order chi connectivity index (χ0) is 19.0. The molecule has 2 atom stereocenters.